The van der Waals surface area contributed by atoms with Crippen LogP contribution in [0.15, 0.2) is 48.5 Å². The van der Waals surface area contributed by atoms with Crippen LogP contribution in [0, 0.1) is 0 Å². The summed E-state index contributed by atoms with van der Waals surface area (Å²) >= 11 is 0. The van der Waals surface area contributed by atoms with Gasteiger partial charge in [0.25, 0.3) is 0 Å². The first kappa shape index (κ1) is 23.1. The van der Waals surface area contributed by atoms with Gasteiger partial charge in [0.2, 0.25) is 0 Å². The number of hydrogen-bond donors (Lipinski definition) is 2. The summed E-state index contributed by atoms with van der Waals surface area (Å²) < 4.78 is 21.4. The molecule has 0 atom stereocenters. The number of aromatic hydroxyl groups is 2. The lowest BCUT2D eigenvalue weighted by Crippen LogP contribution is -2.00. The predicted molar refractivity (Wildman–Crippen MR) is 124 cm³/mol. The molecule has 3 aromatic rings. The number of phenols is 2. The van der Waals surface area contributed by atoms with Crippen LogP contribution in [-0.4, -0.2) is 38.7 Å². The van der Waals surface area contributed by atoms with Gasteiger partial charge in [-0.05, 0) is 66.1 Å². The SMILES string of the molecule is COc1ccc(CCc2cc(CCc3ccc(OC)cc3OC)c(O)cc2O)c(OC)c1. The van der Waals surface area contributed by atoms with Crippen molar-refractivity contribution in [2.45, 2.75) is 25.7 Å². The van der Waals surface area contributed by atoms with E-state index >= 15 is 0 Å². The molecule has 0 unspecified atom stereocenters. The summed E-state index contributed by atoms with van der Waals surface area (Å²) in [6.45, 7) is 0. The van der Waals surface area contributed by atoms with E-state index in [1.54, 1.807) is 28.4 Å². The molecule has 0 aliphatic heterocycles. The lowest BCUT2D eigenvalue weighted by Gasteiger charge is -2.14. The minimum Gasteiger partial charge on any atom is -0.508 e. The molecule has 3 aromatic carbocycles. The van der Waals surface area contributed by atoms with Gasteiger partial charge in [0.15, 0.2) is 0 Å². The van der Waals surface area contributed by atoms with Gasteiger partial charge in [0, 0.05) is 18.2 Å². The fourth-order valence-electron chi connectivity index (χ4n) is 3.73. The highest BCUT2D eigenvalue weighted by Crippen LogP contribution is 2.32. The standard InChI is InChI=1S/C26H30O6/c1-29-21-11-9-17(25(14-21)31-3)5-7-19-13-20(24(28)16-23(19)27)8-6-18-10-12-22(30-2)15-26(18)32-4/h9-16,27-28H,5-8H2,1-4H3. The Bertz CT molecular complexity index is 980. The normalized spacial score (nSPS) is 10.6. The molecule has 0 fully saturated rings. The molecular formula is C26H30O6. The summed E-state index contributed by atoms with van der Waals surface area (Å²) in [7, 11) is 6.49. The minimum atomic E-state index is 0.0840. The Morgan fingerprint density at radius 3 is 1.28 bits per heavy atom. The Balaban J connectivity index is 1.75. The van der Waals surface area contributed by atoms with E-state index < -0.39 is 0 Å². The lowest BCUT2D eigenvalue weighted by atomic mass is 9.97. The first-order valence-corrected chi connectivity index (χ1v) is 10.4. The Morgan fingerprint density at radius 1 is 0.500 bits per heavy atom. The Kier molecular flexibility index (Phi) is 7.71. The van der Waals surface area contributed by atoms with Crippen molar-refractivity contribution in [3.8, 4) is 34.5 Å². The van der Waals surface area contributed by atoms with E-state index in [0.29, 0.717) is 25.7 Å². The highest BCUT2D eigenvalue weighted by molar-refractivity contribution is 5.48. The molecule has 6 nitrogen and oxygen atoms in total. The van der Waals surface area contributed by atoms with Crippen molar-refractivity contribution >= 4 is 0 Å². The number of aryl methyl sites for hydroxylation is 4. The van der Waals surface area contributed by atoms with Gasteiger partial charge >= 0.3 is 0 Å². The van der Waals surface area contributed by atoms with Gasteiger partial charge in [0.1, 0.15) is 34.5 Å². The van der Waals surface area contributed by atoms with E-state index in [1.807, 2.05) is 42.5 Å². The van der Waals surface area contributed by atoms with Crippen molar-refractivity contribution in [3.05, 3.63) is 70.8 Å². The van der Waals surface area contributed by atoms with E-state index in [1.165, 1.54) is 6.07 Å². The van der Waals surface area contributed by atoms with Crippen molar-refractivity contribution in [1.82, 2.24) is 0 Å². The highest BCUT2D eigenvalue weighted by Gasteiger charge is 2.13. The van der Waals surface area contributed by atoms with Gasteiger partial charge in [-0.2, -0.15) is 0 Å². The van der Waals surface area contributed by atoms with Crippen LogP contribution in [0.4, 0.5) is 0 Å². The van der Waals surface area contributed by atoms with Crippen LogP contribution in [0.25, 0.3) is 0 Å². The number of rotatable bonds is 10. The van der Waals surface area contributed by atoms with Crippen LogP contribution in [-0.2, 0) is 25.7 Å². The van der Waals surface area contributed by atoms with Gasteiger partial charge in [-0.15, -0.1) is 0 Å². The van der Waals surface area contributed by atoms with E-state index in [-0.39, 0.29) is 11.5 Å². The smallest absolute Gasteiger partial charge is 0.125 e. The zero-order valence-electron chi connectivity index (χ0n) is 19.0. The molecule has 0 aliphatic carbocycles. The van der Waals surface area contributed by atoms with Crippen LogP contribution in [0.1, 0.15) is 22.3 Å². The van der Waals surface area contributed by atoms with Gasteiger partial charge < -0.3 is 29.2 Å². The van der Waals surface area contributed by atoms with E-state index in [9.17, 15) is 10.2 Å². The maximum Gasteiger partial charge on any atom is 0.125 e. The minimum absolute atomic E-state index is 0.0840. The Hall–Kier alpha value is -3.54. The monoisotopic (exact) mass is 438 g/mol. The summed E-state index contributed by atoms with van der Waals surface area (Å²) in [6.07, 6.45) is 2.57. The molecule has 0 aliphatic rings. The largest absolute Gasteiger partial charge is 0.508 e. The molecular weight excluding hydrogens is 408 g/mol. The molecule has 0 saturated carbocycles. The van der Waals surface area contributed by atoms with Crippen LogP contribution < -0.4 is 18.9 Å². The van der Waals surface area contributed by atoms with Crippen LogP contribution in [0.5, 0.6) is 34.5 Å². The summed E-state index contributed by atoms with van der Waals surface area (Å²) in [5, 5.41) is 20.8. The summed E-state index contributed by atoms with van der Waals surface area (Å²) in [5.74, 6) is 3.12. The van der Waals surface area contributed by atoms with E-state index in [2.05, 4.69) is 0 Å². The topological polar surface area (TPSA) is 77.4 Å². The maximum atomic E-state index is 10.4. The number of hydrogen-bond acceptors (Lipinski definition) is 6. The molecule has 6 heteroatoms. The third-order valence-electron chi connectivity index (χ3n) is 5.60. The highest BCUT2D eigenvalue weighted by atomic mass is 16.5. The molecule has 32 heavy (non-hydrogen) atoms. The fourth-order valence-corrected chi connectivity index (χ4v) is 3.73. The number of benzene rings is 3. The van der Waals surface area contributed by atoms with Crippen LogP contribution in [0.3, 0.4) is 0 Å². The van der Waals surface area contributed by atoms with Crippen molar-refractivity contribution < 1.29 is 29.2 Å². The van der Waals surface area contributed by atoms with Crippen molar-refractivity contribution in [3.63, 3.8) is 0 Å². The Morgan fingerprint density at radius 2 is 0.906 bits per heavy atom. The second kappa shape index (κ2) is 10.7. The van der Waals surface area contributed by atoms with E-state index in [0.717, 1.165) is 45.3 Å². The Labute approximate surface area is 189 Å². The van der Waals surface area contributed by atoms with Gasteiger partial charge in [-0.1, -0.05) is 12.1 Å². The van der Waals surface area contributed by atoms with Crippen molar-refractivity contribution in [2.24, 2.45) is 0 Å². The quantitative estimate of drug-likeness (QED) is 0.478. The predicted octanol–water partition coefficient (Wildman–Crippen LogP) is 4.70. The van der Waals surface area contributed by atoms with Gasteiger partial charge in [-0.25, -0.2) is 0 Å². The molecule has 0 spiro atoms. The van der Waals surface area contributed by atoms with Crippen LogP contribution in [0.2, 0.25) is 0 Å². The molecule has 0 saturated heterocycles. The lowest BCUT2D eigenvalue weighted by molar-refractivity contribution is 0.391. The maximum absolute atomic E-state index is 10.4. The number of ether oxygens (including phenoxy) is 4. The molecule has 3 rings (SSSR count). The molecule has 170 valence electrons. The third kappa shape index (κ3) is 5.38. The molecule has 0 radical (unpaired) electrons. The zero-order chi connectivity index (χ0) is 23.1. The van der Waals surface area contributed by atoms with Gasteiger partial charge in [-0.3, -0.25) is 0 Å². The average molecular weight is 439 g/mol. The summed E-state index contributed by atoms with van der Waals surface area (Å²) in [4.78, 5) is 0. The molecule has 2 N–H and O–H groups in total. The summed E-state index contributed by atoms with van der Waals surface area (Å²) in [5.41, 5.74) is 3.59. The number of phenolic OH excluding ortho intramolecular Hbond substituents is 2. The second-order valence-electron chi connectivity index (χ2n) is 7.47. The second-order valence-corrected chi connectivity index (χ2v) is 7.47. The molecule has 0 aromatic heterocycles. The fraction of sp³-hybridized carbons (Fsp3) is 0.308. The molecule has 0 heterocycles. The first-order valence-electron chi connectivity index (χ1n) is 10.4. The van der Waals surface area contributed by atoms with Gasteiger partial charge in [0.05, 0.1) is 28.4 Å². The number of methoxy groups -OCH3 is 4. The summed E-state index contributed by atoms with van der Waals surface area (Å²) in [6, 6.07) is 14.7. The first-order chi connectivity index (χ1) is 15.5. The zero-order valence-corrected chi connectivity index (χ0v) is 19.0. The third-order valence-corrected chi connectivity index (χ3v) is 5.60. The average Bonchev–Trinajstić information content (AvgIpc) is 2.82. The molecule has 0 amide bonds. The van der Waals surface area contributed by atoms with E-state index in [4.69, 9.17) is 18.9 Å². The van der Waals surface area contributed by atoms with Crippen LogP contribution >= 0.6 is 0 Å². The molecule has 0 bridgehead atoms. The van der Waals surface area contributed by atoms with Crippen molar-refractivity contribution in [1.29, 1.82) is 0 Å². The van der Waals surface area contributed by atoms with Crippen molar-refractivity contribution in [2.75, 3.05) is 28.4 Å².